The number of rotatable bonds is 8. The Morgan fingerprint density at radius 3 is 2.65 bits per heavy atom. The summed E-state index contributed by atoms with van der Waals surface area (Å²) in [6.45, 7) is 5.05. The Hall–Kier alpha value is -1.02. The Kier molecular flexibility index (Phi) is 4.87. The molecule has 17 heavy (non-hydrogen) atoms. The highest BCUT2D eigenvalue weighted by molar-refractivity contribution is 5.27. The molecule has 0 aliphatic heterocycles. The minimum Gasteiger partial charge on any atom is -0.494 e. The summed E-state index contributed by atoms with van der Waals surface area (Å²) >= 11 is 0. The monoisotopic (exact) mass is 233 g/mol. The zero-order valence-electron chi connectivity index (χ0n) is 10.7. The molecule has 0 saturated heterocycles. The molecular formula is C15H23NO. The molecule has 0 heterocycles. The minimum absolute atomic E-state index is 0.805. The summed E-state index contributed by atoms with van der Waals surface area (Å²) in [6.07, 6.45) is 5.30. The van der Waals surface area contributed by atoms with Crippen molar-refractivity contribution in [1.82, 2.24) is 5.32 Å². The van der Waals surface area contributed by atoms with E-state index in [0.29, 0.717) is 0 Å². The fourth-order valence-corrected chi connectivity index (χ4v) is 1.87. The van der Waals surface area contributed by atoms with Crippen molar-refractivity contribution in [3.8, 4) is 5.75 Å². The van der Waals surface area contributed by atoms with Crippen molar-refractivity contribution >= 4 is 0 Å². The second-order valence-corrected chi connectivity index (χ2v) is 4.90. The highest BCUT2D eigenvalue weighted by Crippen LogP contribution is 2.31. The Labute approximate surface area is 104 Å². The molecule has 94 valence electrons. The van der Waals surface area contributed by atoms with Crippen LogP contribution in [0.2, 0.25) is 0 Å². The zero-order valence-corrected chi connectivity index (χ0v) is 10.7. The van der Waals surface area contributed by atoms with Crippen molar-refractivity contribution in [3.63, 3.8) is 0 Å². The molecule has 1 aromatic rings. The molecule has 1 fully saturated rings. The molecule has 0 amide bonds. The van der Waals surface area contributed by atoms with Crippen LogP contribution in [-0.4, -0.2) is 13.2 Å². The fraction of sp³-hybridized carbons (Fsp3) is 0.600. The molecule has 2 nitrogen and oxygen atoms in total. The van der Waals surface area contributed by atoms with Crippen molar-refractivity contribution in [3.05, 3.63) is 29.8 Å². The number of benzene rings is 1. The Balaban J connectivity index is 1.65. The topological polar surface area (TPSA) is 21.3 Å². The van der Waals surface area contributed by atoms with Crippen LogP contribution in [0.4, 0.5) is 0 Å². The van der Waals surface area contributed by atoms with Crippen LogP contribution in [0, 0.1) is 5.92 Å². The van der Waals surface area contributed by atoms with E-state index in [-0.39, 0.29) is 0 Å². The zero-order chi connectivity index (χ0) is 11.9. The lowest BCUT2D eigenvalue weighted by molar-refractivity contribution is 0.317. The predicted molar refractivity (Wildman–Crippen MR) is 71.3 cm³/mol. The highest BCUT2D eigenvalue weighted by Gasteiger charge is 2.19. The van der Waals surface area contributed by atoms with Crippen molar-refractivity contribution in [2.45, 2.75) is 39.2 Å². The van der Waals surface area contributed by atoms with Gasteiger partial charge in [-0.25, -0.2) is 0 Å². The van der Waals surface area contributed by atoms with Crippen molar-refractivity contribution in [2.24, 2.45) is 5.92 Å². The van der Waals surface area contributed by atoms with Crippen LogP contribution < -0.4 is 10.1 Å². The lowest BCUT2D eigenvalue weighted by atomic mass is 10.2. The van der Waals surface area contributed by atoms with E-state index in [0.717, 1.165) is 37.8 Å². The van der Waals surface area contributed by atoms with Gasteiger partial charge in [-0.1, -0.05) is 31.9 Å². The van der Waals surface area contributed by atoms with E-state index in [9.17, 15) is 0 Å². The maximum absolute atomic E-state index is 5.56. The van der Waals surface area contributed by atoms with Gasteiger partial charge in [0.25, 0.3) is 0 Å². The van der Waals surface area contributed by atoms with E-state index in [1.54, 1.807) is 0 Å². The van der Waals surface area contributed by atoms with E-state index in [1.807, 2.05) is 0 Å². The van der Waals surface area contributed by atoms with E-state index in [2.05, 4.69) is 36.5 Å². The first-order valence-corrected chi connectivity index (χ1v) is 6.81. The third-order valence-electron chi connectivity index (χ3n) is 3.15. The van der Waals surface area contributed by atoms with Gasteiger partial charge in [0.15, 0.2) is 0 Å². The first kappa shape index (κ1) is 12.4. The van der Waals surface area contributed by atoms with E-state index in [4.69, 9.17) is 4.74 Å². The maximum Gasteiger partial charge on any atom is 0.119 e. The highest BCUT2D eigenvalue weighted by atomic mass is 16.5. The predicted octanol–water partition coefficient (Wildman–Crippen LogP) is 3.37. The van der Waals surface area contributed by atoms with Crippen molar-refractivity contribution < 1.29 is 4.74 Å². The number of ether oxygens (including phenoxy) is 1. The average Bonchev–Trinajstić information content (AvgIpc) is 3.18. The molecule has 0 aromatic heterocycles. The van der Waals surface area contributed by atoms with Gasteiger partial charge in [-0.2, -0.15) is 0 Å². The van der Waals surface area contributed by atoms with E-state index < -0.39 is 0 Å². The van der Waals surface area contributed by atoms with Gasteiger partial charge in [0, 0.05) is 6.54 Å². The van der Waals surface area contributed by atoms with Gasteiger partial charge in [-0.3, -0.25) is 0 Å². The molecule has 0 radical (unpaired) electrons. The molecule has 1 aromatic carbocycles. The molecule has 2 heteroatoms. The van der Waals surface area contributed by atoms with Gasteiger partial charge < -0.3 is 10.1 Å². The van der Waals surface area contributed by atoms with Gasteiger partial charge in [0.2, 0.25) is 0 Å². The molecular weight excluding hydrogens is 210 g/mol. The number of nitrogens with one attached hydrogen (secondary N) is 1. The molecule has 1 aliphatic rings. The smallest absolute Gasteiger partial charge is 0.119 e. The first-order valence-electron chi connectivity index (χ1n) is 6.81. The summed E-state index contributed by atoms with van der Waals surface area (Å²) in [5.74, 6) is 2.00. The maximum atomic E-state index is 5.56. The van der Waals surface area contributed by atoms with Crippen LogP contribution in [-0.2, 0) is 6.54 Å². The van der Waals surface area contributed by atoms with Gasteiger partial charge in [-0.05, 0) is 43.0 Å². The van der Waals surface area contributed by atoms with Crippen LogP contribution in [0.3, 0.4) is 0 Å². The van der Waals surface area contributed by atoms with Crippen LogP contribution in [0.25, 0.3) is 0 Å². The second-order valence-electron chi connectivity index (χ2n) is 4.90. The average molecular weight is 233 g/mol. The SMILES string of the molecule is CCCOc1ccc(CNCCC2CC2)cc1. The largest absolute Gasteiger partial charge is 0.494 e. The third kappa shape index (κ3) is 4.78. The molecule has 1 aliphatic carbocycles. The Morgan fingerprint density at radius 1 is 1.24 bits per heavy atom. The summed E-state index contributed by atoms with van der Waals surface area (Å²) in [4.78, 5) is 0. The summed E-state index contributed by atoms with van der Waals surface area (Å²) in [5.41, 5.74) is 1.34. The van der Waals surface area contributed by atoms with E-state index >= 15 is 0 Å². The van der Waals surface area contributed by atoms with Gasteiger partial charge >= 0.3 is 0 Å². The molecule has 1 N–H and O–H groups in total. The lowest BCUT2D eigenvalue weighted by Gasteiger charge is -2.07. The van der Waals surface area contributed by atoms with Crippen LogP contribution in [0.5, 0.6) is 5.75 Å². The molecule has 1 saturated carbocycles. The second kappa shape index (κ2) is 6.65. The molecule has 0 unspecified atom stereocenters. The van der Waals surface area contributed by atoms with Gasteiger partial charge in [0.05, 0.1) is 6.61 Å². The van der Waals surface area contributed by atoms with Crippen LogP contribution in [0.15, 0.2) is 24.3 Å². The minimum atomic E-state index is 0.805. The molecule has 0 atom stereocenters. The Bertz CT molecular complexity index is 316. The van der Waals surface area contributed by atoms with Gasteiger partial charge in [-0.15, -0.1) is 0 Å². The van der Waals surface area contributed by atoms with Crippen LogP contribution in [0.1, 0.15) is 38.2 Å². The summed E-state index contributed by atoms with van der Waals surface area (Å²) < 4.78 is 5.56. The summed E-state index contributed by atoms with van der Waals surface area (Å²) in [7, 11) is 0. The molecule has 2 rings (SSSR count). The van der Waals surface area contributed by atoms with Crippen molar-refractivity contribution in [2.75, 3.05) is 13.2 Å². The fourth-order valence-electron chi connectivity index (χ4n) is 1.87. The molecule has 0 spiro atoms. The number of hydrogen-bond acceptors (Lipinski definition) is 2. The first-order chi connectivity index (χ1) is 8.38. The Morgan fingerprint density at radius 2 is 2.00 bits per heavy atom. The standard InChI is InChI=1S/C15H23NO/c1-2-11-17-15-7-5-14(6-8-15)12-16-10-9-13-3-4-13/h5-8,13,16H,2-4,9-12H2,1H3. The quantitative estimate of drug-likeness (QED) is 0.695. The third-order valence-corrected chi connectivity index (χ3v) is 3.15. The lowest BCUT2D eigenvalue weighted by Crippen LogP contribution is -2.15. The summed E-state index contributed by atoms with van der Waals surface area (Å²) in [6, 6.07) is 8.42. The van der Waals surface area contributed by atoms with E-state index in [1.165, 1.54) is 24.8 Å². The summed E-state index contributed by atoms with van der Waals surface area (Å²) in [5, 5.41) is 3.49. The normalized spacial score (nSPS) is 14.9. The molecule has 0 bridgehead atoms. The van der Waals surface area contributed by atoms with Crippen LogP contribution >= 0.6 is 0 Å². The van der Waals surface area contributed by atoms with Gasteiger partial charge in [0.1, 0.15) is 5.75 Å². The number of hydrogen-bond donors (Lipinski definition) is 1. The van der Waals surface area contributed by atoms with Crippen molar-refractivity contribution in [1.29, 1.82) is 0 Å².